The lowest BCUT2D eigenvalue weighted by molar-refractivity contribution is -0.116. The van der Waals surface area contributed by atoms with Gasteiger partial charge in [-0.2, -0.15) is 0 Å². The third kappa shape index (κ3) is 5.32. The lowest BCUT2D eigenvalue weighted by Crippen LogP contribution is -2.32. The van der Waals surface area contributed by atoms with Gasteiger partial charge < -0.3 is 20.1 Å². The normalized spacial score (nSPS) is 16.8. The molecule has 2 N–H and O–H groups in total. The third-order valence-corrected chi connectivity index (χ3v) is 8.04. The number of rotatable bonds is 7. The highest BCUT2D eigenvalue weighted by Gasteiger charge is 2.41. The second kappa shape index (κ2) is 11.0. The first-order valence-electron chi connectivity index (χ1n) is 13.3. The molecule has 1 saturated heterocycles. The van der Waals surface area contributed by atoms with E-state index in [1.807, 2.05) is 55.6 Å². The minimum absolute atomic E-state index is 0.0377. The summed E-state index contributed by atoms with van der Waals surface area (Å²) >= 11 is 5.86. The molecular formula is C32H35N5OS. The van der Waals surface area contributed by atoms with E-state index in [9.17, 15) is 4.79 Å². The van der Waals surface area contributed by atoms with Crippen molar-refractivity contribution < 1.29 is 4.79 Å². The lowest BCUT2D eigenvalue weighted by Gasteiger charge is -2.28. The maximum atomic E-state index is 12.9. The summed E-state index contributed by atoms with van der Waals surface area (Å²) in [4.78, 5) is 19.8. The van der Waals surface area contributed by atoms with Crippen molar-refractivity contribution in [1.82, 2.24) is 19.8 Å². The van der Waals surface area contributed by atoms with Crippen LogP contribution in [0.4, 0.5) is 5.69 Å². The Balaban J connectivity index is 1.49. The highest BCUT2D eigenvalue weighted by Crippen LogP contribution is 2.41. The number of nitrogens with one attached hydrogen (secondary N) is 2. The van der Waals surface area contributed by atoms with Crippen molar-refractivity contribution in [2.24, 2.45) is 0 Å². The lowest BCUT2D eigenvalue weighted by atomic mass is 9.96. The SMILES string of the molecule is Cc1cccc(NC(=O)CCN2C(=S)N[C@H](c3ccccn3)[C@@H]2c2cc(C)n(-c3cccc(C)c3C)c2C)c1. The predicted octanol–water partition coefficient (Wildman–Crippen LogP) is 6.42. The van der Waals surface area contributed by atoms with Crippen molar-refractivity contribution in [1.29, 1.82) is 0 Å². The Bertz CT molecular complexity index is 1530. The summed E-state index contributed by atoms with van der Waals surface area (Å²) in [5.74, 6) is -0.0377. The summed E-state index contributed by atoms with van der Waals surface area (Å²) in [5, 5.41) is 7.19. The molecule has 0 aliphatic carbocycles. The number of carbonyl (C=O) groups excluding carboxylic acids is 1. The molecular weight excluding hydrogens is 502 g/mol. The van der Waals surface area contributed by atoms with Crippen molar-refractivity contribution >= 4 is 28.9 Å². The zero-order valence-corrected chi connectivity index (χ0v) is 24.0. The van der Waals surface area contributed by atoms with Gasteiger partial charge in [0, 0.05) is 41.9 Å². The van der Waals surface area contributed by atoms with Gasteiger partial charge in [0.05, 0.1) is 17.8 Å². The molecule has 0 radical (unpaired) electrons. The standard InChI is InChI=1S/C32H35N5OS/c1-20-10-8-12-25(18-20)34-29(38)15-17-36-31(30(35-32(36)39)27-13-6-7-16-33-27)26-19-22(3)37(24(26)5)28-14-9-11-21(2)23(28)4/h6-14,16,18-19,30-31H,15,17H2,1-5H3,(H,34,38)(H,35,39)/t30-,31+/m1/s1. The van der Waals surface area contributed by atoms with Gasteiger partial charge in [-0.25, -0.2) is 0 Å². The summed E-state index contributed by atoms with van der Waals surface area (Å²) in [5.41, 5.74) is 10.0. The number of hydrogen-bond acceptors (Lipinski definition) is 3. The highest BCUT2D eigenvalue weighted by atomic mass is 32.1. The Morgan fingerprint density at radius 1 is 1.00 bits per heavy atom. The minimum atomic E-state index is -0.133. The van der Waals surface area contributed by atoms with E-state index >= 15 is 0 Å². The summed E-state index contributed by atoms with van der Waals surface area (Å²) < 4.78 is 2.33. The number of aryl methyl sites for hydroxylation is 3. The molecule has 2 atom stereocenters. The van der Waals surface area contributed by atoms with Gasteiger partial charge in [-0.1, -0.05) is 30.3 Å². The van der Waals surface area contributed by atoms with Crippen molar-refractivity contribution in [3.63, 3.8) is 0 Å². The molecule has 4 aromatic rings. The number of hydrogen-bond donors (Lipinski definition) is 2. The Morgan fingerprint density at radius 3 is 2.54 bits per heavy atom. The van der Waals surface area contributed by atoms with E-state index in [0.717, 1.165) is 28.3 Å². The summed E-state index contributed by atoms with van der Waals surface area (Å²) in [6.07, 6.45) is 2.13. The second-order valence-electron chi connectivity index (χ2n) is 10.4. The zero-order valence-electron chi connectivity index (χ0n) is 23.2. The van der Waals surface area contributed by atoms with E-state index in [-0.39, 0.29) is 18.0 Å². The maximum Gasteiger partial charge on any atom is 0.226 e. The molecule has 0 bridgehead atoms. The van der Waals surface area contributed by atoms with Crippen LogP contribution in [0, 0.1) is 34.6 Å². The number of pyridine rings is 1. The summed E-state index contributed by atoms with van der Waals surface area (Å²) in [6, 6.07) is 22.3. The van der Waals surface area contributed by atoms with E-state index in [0.29, 0.717) is 18.1 Å². The monoisotopic (exact) mass is 537 g/mol. The van der Waals surface area contributed by atoms with Gasteiger partial charge in [0.2, 0.25) is 5.91 Å². The molecule has 7 heteroatoms. The predicted molar refractivity (Wildman–Crippen MR) is 161 cm³/mol. The number of amides is 1. The van der Waals surface area contributed by atoms with Crippen LogP contribution in [0.3, 0.4) is 0 Å². The first-order chi connectivity index (χ1) is 18.7. The van der Waals surface area contributed by atoms with Crippen LogP contribution in [0.1, 0.15) is 57.8 Å². The van der Waals surface area contributed by atoms with Crippen molar-refractivity contribution in [3.8, 4) is 5.69 Å². The molecule has 6 nitrogen and oxygen atoms in total. The average molecular weight is 538 g/mol. The molecule has 1 fully saturated rings. The van der Waals surface area contributed by atoms with Gasteiger partial charge in [0.1, 0.15) is 0 Å². The maximum absolute atomic E-state index is 12.9. The Hall–Kier alpha value is -3.97. The molecule has 5 rings (SSSR count). The third-order valence-electron chi connectivity index (χ3n) is 7.69. The Morgan fingerprint density at radius 2 is 1.79 bits per heavy atom. The van der Waals surface area contributed by atoms with Crippen LogP contribution in [0.5, 0.6) is 0 Å². The van der Waals surface area contributed by atoms with Crippen LogP contribution in [0.2, 0.25) is 0 Å². The van der Waals surface area contributed by atoms with Gasteiger partial charge in [-0.05, 0) is 105 Å². The molecule has 1 aliphatic heterocycles. The van der Waals surface area contributed by atoms with Crippen molar-refractivity contribution in [3.05, 3.63) is 112 Å². The van der Waals surface area contributed by atoms with Gasteiger partial charge >= 0.3 is 0 Å². The van der Waals surface area contributed by atoms with Gasteiger partial charge in [-0.3, -0.25) is 9.78 Å². The van der Waals surface area contributed by atoms with Crippen LogP contribution in [0.15, 0.2) is 72.9 Å². The summed E-state index contributed by atoms with van der Waals surface area (Å²) in [7, 11) is 0. The number of benzene rings is 2. The molecule has 2 aromatic carbocycles. The van der Waals surface area contributed by atoms with Crippen molar-refractivity contribution in [2.45, 2.75) is 53.1 Å². The fourth-order valence-corrected chi connectivity index (χ4v) is 5.92. The largest absolute Gasteiger partial charge is 0.352 e. The molecule has 39 heavy (non-hydrogen) atoms. The first-order valence-corrected chi connectivity index (χ1v) is 13.8. The summed E-state index contributed by atoms with van der Waals surface area (Å²) in [6.45, 7) is 11.1. The van der Waals surface area contributed by atoms with Crippen LogP contribution >= 0.6 is 12.2 Å². The minimum Gasteiger partial charge on any atom is -0.352 e. The molecule has 200 valence electrons. The average Bonchev–Trinajstić information content (AvgIpc) is 3.39. The van der Waals surface area contributed by atoms with Crippen LogP contribution in [0.25, 0.3) is 5.69 Å². The van der Waals surface area contributed by atoms with Crippen LogP contribution < -0.4 is 10.6 Å². The molecule has 1 aliphatic rings. The van der Waals surface area contributed by atoms with Crippen molar-refractivity contribution in [2.75, 3.05) is 11.9 Å². The van der Waals surface area contributed by atoms with E-state index in [2.05, 4.69) is 77.0 Å². The molecule has 0 unspecified atom stereocenters. The van der Waals surface area contributed by atoms with Gasteiger partial charge in [0.25, 0.3) is 0 Å². The van der Waals surface area contributed by atoms with Crippen LogP contribution in [-0.2, 0) is 4.79 Å². The number of anilines is 1. The number of aromatic nitrogens is 2. The van der Waals surface area contributed by atoms with E-state index in [1.54, 1.807) is 0 Å². The molecule has 1 amide bonds. The smallest absolute Gasteiger partial charge is 0.226 e. The topological polar surface area (TPSA) is 62.2 Å². The first kappa shape index (κ1) is 26.6. The fourth-order valence-electron chi connectivity index (χ4n) is 5.59. The molecule has 2 aromatic heterocycles. The fraction of sp³-hybridized carbons (Fsp3) is 0.281. The number of thiocarbonyl (C=S) groups is 1. The Kier molecular flexibility index (Phi) is 7.53. The van der Waals surface area contributed by atoms with Crippen LogP contribution in [-0.4, -0.2) is 32.0 Å². The van der Waals surface area contributed by atoms with Gasteiger partial charge in [-0.15, -0.1) is 0 Å². The number of carbonyl (C=O) groups is 1. The van der Waals surface area contributed by atoms with E-state index in [4.69, 9.17) is 12.2 Å². The quantitative estimate of drug-likeness (QED) is 0.267. The highest BCUT2D eigenvalue weighted by molar-refractivity contribution is 7.80. The molecule has 0 spiro atoms. The molecule has 0 saturated carbocycles. The van der Waals surface area contributed by atoms with E-state index < -0.39 is 0 Å². The molecule has 3 heterocycles. The second-order valence-corrected chi connectivity index (χ2v) is 10.8. The zero-order chi connectivity index (χ0) is 27.7. The Labute approximate surface area is 236 Å². The van der Waals surface area contributed by atoms with E-state index in [1.165, 1.54) is 22.4 Å². The van der Waals surface area contributed by atoms with Gasteiger partial charge in [0.15, 0.2) is 5.11 Å². The number of nitrogens with zero attached hydrogens (tertiary/aromatic N) is 3.